The van der Waals surface area contributed by atoms with Crippen LogP contribution in [-0.4, -0.2) is 28.9 Å². The van der Waals surface area contributed by atoms with Gasteiger partial charge in [0, 0.05) is 5.56 Å². The van der Waals surface area contributed by atoms with Gasteiger partial charge < -0.3 is 9.84 Å². The monoisotopic (exact) mass is 488 g/mol. The summed E-state index contributed by atoms with van der Waals surface area (Å²) in [4.78, 5) is 32.6. The van der Waals surface area contributed by atoms with Crippen molar-refractivity contribution in [2.24, 2.45) is 0 Å². The Hall–Kier alpha value is -4.04. The van der Waals surface area contributed by atoms with E-state index in [-0.39, 0.29) is 11.3 Å². The van der Waals surface area contributed by atoms with Gasteiger partial charge in [0.15, 0.2) is 5.13 Å². The van der Waals surface area contributed by atoms with E-state index < -0.39 is 23.5 Å². The predicted octanol–water partition coefficient (Wildman–Crippen LogP) is 5.69. The number of halogens is 1. The Morgan fingerprint density at radius 3 is 2.51 bits per heavy atom. The van der Waals surface area contributed by atoms with Crippen LogP contribution in [0.1, 0.15) is 28.3 Å². The molecule has 6 nitrogen and oxygen atoms in total. The van der Waals surface area contributed by atoms with Crippen LogP contribution in [0.4, 0.5) is 9.52 Å². The lowest BCUT2D eigenvalue weighted by atomic mass is 9.93. The molecule has 1 aliphatic rings. The number of aromatic nitrogens is 1. The minimum Gasteiger partial charge on any atom is -0.507 e. The number of carbonyl (C=O) groups is 2. The zero-order chi connectivity index (χ0) is 24.9. The molecule has 3 aromatic carbocycles. The summed E-state index contributed by atoms with van der Waals surface area (Å²) in [5.74, 6) is -1.72. The van der Waals surface area contributed by atoms with Gasteiger partial charge in [0.25, 0.3) is 5.78 Å². The van der Waals surface area contributed by atoms with Crippen molar-refractivity contribution in [2.45, 2.75) is 19.9 Å². The normalized spacial score (nSPS) is 17.4. The Labute approximate surface area is 204 Å². The summed E-state index contributed by atoms with van der Waals surface area (Å²) in [5, 5.41) is 11.6. The Kier molecular flexibility index (Phi) is 5.61. The molecule has 1 amide bonds. The number of carbonyl (C=O) groups excluding carboxylic acids is 2. The molecule has 0 aliphatic carbocycles. The topological polar surface area (TPSA) is 79.7 Å². The van der Waals surface area contributed by atoms with E-state index in [1.807, 2.05) is 26.0 Å². The maximum Gasteiger partial charge on any atom is 0.301 e. The molecule has 1 unspecified atom stereocenters. The van der Waals surface area contributed by atoms with Gasteiger partial charge in [-0.25, -0.2) is 9.37 Å². The Bertz CT molecular complexity index is 1520. The van der Waals surface area contributed by atoms with Gasteiger partial charge in [0.2, 0.25) is 0 Å². The second-order valence-corrected chi connectivity index (χ2v) is 9.38. The number of fused-ring (bicyclic) bond motifs is 1. The lowest BCUT2D eigenvalue weighted by molar-refractivity contribution is -0.132. The summed E-state index contributed by atoms with van der Waals surface area (Å²) in [7, 11) is 1.56. The van der Waals surface area contributed by atoms with Crippen molar-refractivity contribution in [3.05, 3.63) is 94.3 Å². The number of Topliss-reactive ketones (excluding diaryl/α,β-unsaturated/α-hetero) is 1. The molecule has 1 N–H and O–H groups in total. The van der Waals surface area contributed by atoms with Gasteiger partial charge in [0.05, 0.1) is 28.9 Å². The van der Waals surface area contributed by atoms with Crippen molar-refractivity contribution in [3.63, 3.8) is 0 Å². The van der Waals surface area contributed by atoms with E-state index in [9.17, 15) is 19.1 Å². The van der Waals surface area contributed by atoms with E-state index in [2.05, 4.69) is 4.98 Å². The summed E-state index contributed by atoms with van der Waals surface area (Å²) in [6.45, 7) is 3.69. The molecule has 1 fully saturated rings. The molecule has 4 aromatic rings. The highest BCUT2D eigenvalue weighted by atomic mass is 32.1. The molecular formula is C27H21FN2O4S. The molecular weight excluding hydrogens is 467 g/mol. The number of ether oxygens (including phenoxy) is 1. The molecule has 0 saturated carbocycles. The molecule has 2 heterocycles. The van der Waals surface area contributed by atoms with E-state index in [1.165, 1.54) is 40.5 Å². The molecule has 176 valence electrons. The van der Waals surface area contributed by atoms with Gasteiger partial charge in [-0.15, -0.1) is 0 Å². The smallest absolute Gasteiger partial charge is 0.301 e. The van der Waals surface area contributed by atoms with E-state index in [0.29, 0.717) is 27.5 Å². The van der Waals surface area contributed by atoms with Crippen molar-refractivity contribution in [1.82, 2.24) is 4.98 Å². The quantitative estimate of drug-likeness (QED) is 0.227. The molecule has 0 radical (unpaired) electrons. The molecule has 35 heavy (non-hydrogen) atoms. The second-order valence-electron chi connectivity index (χ2n) is 8.37. The van der Waals surface area contributed by atoms with Crippen LogP contribution in [0, 0.1) is 19.7 Å². The maximum atomic E-state index is 13.7. The van der Waals surface area contributed by atoms with Crippen molar-refractivity contribution in [2.75, 3.05) is 12.0 Å². The zero-order valence-corrected chi connectivity index (χ0v) is 20.0. The van der Waals surface area contributed by atoms with Crippen LogP contribution in [0.15, 0.2) is 66.2 Å². The summed E-state index contributed by atoms with van der Waals surface area (Å²) in [6.07, 6.45) is 0. The average Bonchev–Trinajstić information content (AvgIpc) is 3.38. The maximum absolute atomic E-state index is 13.7. The van der Waals surface area contributed by atoms with Crippen molar-refractivity contribution < 1.29 is 23.8 Å². The number of rotatable bonds is 4. The van der Waals surface area contributed by atoms with Crippen LogP contribution in [0.3, 0.4) is 0 Å². The highest BCUT2D eigenvalue weighted by Crippen LogP contribution is 2.45. The summed E-state index contributed by atoms with van der Waals surface area (Å²) in [6, 6.07) is 15.4. The SMILES string of the molecule is COc1ccc2nc(N3C(=O)C(=O)/C(=C(/O)c4cc(C)ccc4C)C3c3ccc(F)cc3)sc2c1. The molecule has 1 saturated heterocycles. The number of methoxy groups -OCH3 is 1. The van der Waals surface area contributed by atoms with Gasteiger partial charge in [0.1, 0.15) is 17.3 Å². The van der Waals surface area contributed by atoms with Gasteiger partial charge >= 0.3 is 5.91 Å². The summed E-state index contributed by atoms with van der Waals surface area (Å²) >= 11 is 1.23. The minimum atomic E-state index is -0.974. The molecule has 0 spiro atoms. The number of aryl methyl sites for hydroxylation is 2. The van der Waals surface area contributed by atoms with Crippen LogP contribution in [0.2, 0.25) is 0 Å². The predicted molar refractivity (Wildman–Crippen MR) is 133 cm³/mol. The first-order valence-corrected chi connectivity index (χ1v) is 11.7. The highest BCUT2D eigenvalue weighted by Gasteiger charge is 2.48. The summed E-state index contributed by atoms with van der Waals surface area (Å²) < 4.78 is 19.8. The number of benzene rings is 3. The Morgan fingerprint density at radius 1 is 1.06 bits per heavy atom. The van der Waals surface area contributed by atoms with Crippen LogP contribution in [0.25, 0.3) is 16.0 Å². The van der Waals surface area contributed by atoms with Crippen LogP contribution < -0.4 is 9.64 Å². The van der Waals surface area contributed by atoms with E-state index in [1.54, 1.807) is 31.4 Å². The Balaban J connectivity index is 1.74. The number of hydrogen-bond acceptors (Lipinski definition) is 6. The lowest BCUT2D eigenvalue weighted by Gasteiger charge is -2.23. The average molecular weight is 489 g/mol. The van der Waals surface area contributed by atoms with Gasteiger partial charge in [-0.05, 0) is 61.4 Å². The number of hydrogen-bond donors (Lipinski definition) is 1. The molecule has 8 heteroatoms. The largest absolute Gasteiger partial charge is 0.507 e. The number of anilines is 1. The van der Waals surface area contributed by atoms with Crippen molar-refractivity contribution in [1.29, 1.82) is 0 Å². The lowest BCUT2D eigenvalue weighted by Crippen LogP contribution is -2.29. The zero-order valence-electron chi connectivity index (χ0n) is 19.2. The van der Waals surface area contributed by atoms with E-state index in [0.717, 1.165) is 15.8 Å². The fraction of sp³-hybridized carbons (Fsp3) is 0.148. The van der Waals surface area contributed by atoms with Gasteiger partial charge in [-0.2, -0.15) is 0 Å². The van der Waals surface area contributed by atoms with Crippen LogP contribution in [-0.2, 0) is 9.59 Å². The van der Waals surface area contributed by atoms with E-state index in [4.69, 9.17) is 4.74 Å². The molecule has 0 bridgehead atoms. The third-order valence-electron chi connectivity index (χ3n) is 6.07. The number of aliphatic hydroxyl groups is 1. The van der Waals surface area contributed by atoms with Crippen LogP contribution in [0.5, 0.6) is 5.75 Å². The first kappa shape index (κ1) is 22.7. The molecule has 1 aromatic heterocycles. The number of amides is 1. The van der Waals surface area contributed by atoms with Crippen molar-refractivity contribution >= 4 is 44.1 Å². The third kappa shape index (κ3) is 3.85. The number of nitrogens with zero attached hydrogens (tertiary/aromatic N) is 2. The highest BCUT2D eigenvalue weighted by molar-refractivity contribution is 7.22. The van der Waals surface area contributed by atoms with Crippen LogP contribution >= 0.6 is 11.3 Å². The first-order chi connectivity index (χ1) is 16.8. The molecule has 1 aliphatic heterocycles. The Morgan fingerprint density at radius 2 is 1.80 bits per heavy atom. The number of thiazole rings is 1. The van der Waals surface area contributed by atoms with Gasteiger partial charge in [-0.3, -0.25) is 14.5 Å². The second kappa shape index (κ2) is 8.63. The third-order valence-corrected chi connectivity index (χ3v) is 7.09. The van der Waals surface area contributed by atoms with E-state index >= 15 is 0 Å². The van der Waals surface area contributed by atoms with Gasteiger partial charge in [-0.1, -0.05) is 41.2 Å². The summed E-state index contributed by atoms with van der Waals surface area (Å²) in [5.41, 5.74) is 3.17. The fourth-order valence-electron chi connectivity index (χ4n) is 4.25. The van der Waals surface area contributed by atoms with Crippen molar-refractivity contribution in [3.8, 4) is 5.75 Å². The fourth-order valence-corrected chi connectivity index (χ4v) is 5.27. The minimum absolute atomic E-state index is 0.0628. The number of aliphatic hydroxyl groups excluding tert-OH is 1. The standard InChI is InChI=1S/C27H21FN2O4S/c1-14-4-5-15(2)19(12-14)24(31)22-23(16-6-8-17(28)9-7-16)30(26(33)25(22)32)27-29-20-11-10-18(34-3)13-21(20)35-27/h4-13,23,31H,1-3H3/b24-22+. The first-order valence-electron chi connectivity index (χ1n) is 10.9. The number of ketones is 1. The molecule has 5 rings (SSSR count). The molecule has 1 atom stereocenters.